The Bertz CT molecular complexity index is 921. The molecule has 0 aliphatic heterocycles. The lowest BCUT2D eigenvalue weighted by Crippen LogP contribution is -2.05. The van der Waals surface area contributed by atoms with Gasteiger partial charge >= 0.3 is 0 Å². The van der Waals surface area contributed by atoms with E-state index < -0.39 is 0 Å². The molecule has 2 aromatic carbocycles. The first kappa shape index (κ1) is 18.2. The summed E-state index contributed by atoms with van der Waals surface area (Å²) in [5.41, 5.74) is 1.58. The average molecular weight is 411 g/mol. The van der Waals surface area contributed by atoms with Gasteiger partial charge in [0, 0.05) is 15.6 Å². The lowest BCUT2D eigenvalue weighted by atomic mass is 10.1. The van der Waals surface area contributed by atoms with E-state index in [0.717, 1.165) is 21.5 Å². The van der Waals surface area contributed by atoms with E-state index in [-0.39, 0.29) is 11.9 Å². The molecule has 0 saturated heterocycles. The van der Waals surface area contributed by atoms with Gasteiger partial charge in [0.1, 0.15) is 17.3 Å². The lowest BCUT2D eigenvalue weighted by Gasteiger charge is -2.09. The number of rotatable bonds is 6. The van der Waals surface area contributed by atoms with Crippen molar-refractivity contribution in [3.05, 3.63) is 82.5 Å². The summed E-state index contributed by atoms with van der Waals surface area (Å²) in [7, 11) is 0. The van der Waals surface area contributed by atoms with Crippen molar-refractivity contribution in [3.8, 4) is 17.1 Å². The minimum Gasteiger partial charge on any atom is -0.491 e. The number of furan rings is 1. The third-order valence-electron chi connectivity index (χ3n) is 3.68. The smallest absolute Gasteiger partial charge is 0.185 e. The molecular weight excluding hydrogens is 392 g/mol. The van der Waals surface area contributed by atoms with E-state index in [0.29, 0.717) is 11.3 Å². The van der Waals surface area contributed by atoms with Gasteiger partial charge in [0.05, 0.1) is 6.10 Å². The molecule has 0 fully saturated rings. The normalized spacial score (nSPS) is 11.2. The van der Waals surface area contributed by atoms with Crippen LogP contribution in [0, 0.1) is 0 Å². The Morgan fingerprint density at radius 2 is 1.77 bits per heavy atom. The minimum absolute atomic E-state index is 0.0834. The van der Waals surface area contributed by atoms with Crippen molar-refractivity contribution in [2.45, 2.75) is 20.0 Å². The number of carbonyl (C=O) groups is 1. The fourth-order valence-corrected chi connectivity index (χ4v) is 2.95. The second kappa shape index (κ2) is 8.19. The van der Waals surface area contributed by atoms with Crippen molar-refractivity contribution in [2.75, 3.05) is 0 Å². The number of halogens is 1. The summed E-state index contributed by atoms with van der Waals surface area (Å²) in [5.74, 6) is 2.05. The molecule has 1 heterocycles. The Morgan fingerprint density at radius 3 is 2.46 bits per heavy atom. The van der Waals surface area contributed by atoms with Crippen LogP contribution in [0.1, 0.15) is 30.0 Å². The summed E-state index contributed by atoms with van der Waals surface area (Å²) in [6.45, 7) is 3.93. The number of benzene rings is 2. The Morgan fingerprint density at radius 1 is 1.04 bits per heavy atom. The van der Waals surface area contributed by atoms with Crippen LogP contribution in [0.3, 0.4) is 0 Å². The summed E-state index contributed by atoms with van der Waals surface area (Å²) in [6.07, 6.45) is 3.30. The Hall–Kier alpha value is -2.59. The van der Waals surface area contributed by atoms with Crippen LogP contribution in [0.25, 0.3) is 17.4 Å². The van der Waals surface area contributed by atoms with Gasteiger partial charge in [0.15, 0.2) is 5.78 Å². The van der Waals surface area contributed by atoms with E-state index in [1.54, 1.807) is 30.3 Å². The highest BCUT2D eigenvalue weighted by Crippen LogP contribution is 2.29. The molecule has 0 unspecified atom stereocenters. The van der Waals surface area contributed by atoms with Crippen LogP contribution in [0.15, 0.2) is 75.6 Å². The first-order valence-electron chi connectivity index (χ1n) is 8.37. The quantitative estimate of drug-likeness (QED) is 0.348. The Labute approximate surface area is 161 Å². The molecule has 3 aromatic rings. The molecule has 0 spiro atoms. The maximum Gasteiger partial charge on any atom is 0.185 e. The van der Waals surface area contributed by atoms with Crippen molar-refractivity contribution in [1.29, 1.82) is 0 Å². The molecule has 26 heavy (non-hydrogen) atoms. The lowest BCUT2D eigenvalue weighted by molar-refractivity contribution is 0.104. The van der Waals surface area contributed by atoms with Gasteiger partial charge in [-0.15, -0.1) is 0 Å². The van der Waals surface area contributed by atoms with Crippen molar-refractivity contribution >= 4 is 27.8 Å². The zero-order valence-corrected chi connectivity index (χ0v) is 16.2. The van der Waals surface area contributed by atoms with Gasteiger partial charge in [-0.1, -0.05) is 34.1 Å². The molecule has 0 amide bonds. The number of allylic oxidation sites excluding steroid dienone is 1. The zero-order chi connectivity index (χ0) is 18.5. The second-order valence-corrected chi connectivity index (χ2v) is 6.92. The minimum atomic E-state index is -0.0834. The second-order valence-electron chi connectivity index (χ2n) is 6.07. The number of ketones is 1. The molecule has 4 heteroatoms. The maximum absolute atomic E-state index is 12.3. The predicted molar refractivity (Wildman–Crippen MR) is 107 cm³/mol. The largest absolute Gasteiger partial charge is 0.491 e. The van der Waals surface area contributed by atoms with Crippen LogP contribution < -0.4 is 4.74 Å². The van der Waals surface area contributed by atoms with Gasteiger partial charge in [0.25, 0.3) is 0 Å². The van der Waals surface area contributed by atoms with Crippen LogP contribution in [0.5, 0.6) is 5.75 Å². The van der Waals surface area contributed by atoms with Gasteiger partial charge in [0.2, 0.25) is 0 Å². The summed E-state index contributed by atoms with van der Waals surface area (Å²) < 4.78 is 12.4. The van der Waals surface area contributed by atoms with Gasteiger partial charge in [-0.2, -0.15) is 0 Å². The van der Waals surface area contributed by atoms with Gasteiger partial charge in [-0.25, -0.2) is 0 Å². The Kier molecular flexibility index (Phi) is 5.74. The van der Waals surface area contributed by atoms with Crippen LogP contribution >= 0.6 is 15.9 Å². The van der Waals surface area contributed by atoms with E-state index in [9.17, 15) is 4.79 Å². The highest BCUT2D eigenvalue weighted by molar-refractivity contribution is 9.10. The van der Waals surface area contributed by atoms with E-state index >= 15 is 0 Å². The van der Waals surface area contributed by atoms with Crippen LogP contribution in [-0.4, -0.2) is 11.9 Å². The van der Waals surface area contributed by atoms with Crippen LogP contribution in [0.2, 0.25) is 0 Å². The summed E-state index contributed by atoms with van der Waals surface area (Å²) in [5, 5.41) is 0. The molecule has 0 saturated carbocycles. The molecule has 0 radical (unpaired) electrons. The topological polar surface area (TPSA) is 39.4 Å². The average Bonchev–Trinajstić information content (AvgIpc) is 3.09. The molecule has 0 N–H and O–H groups in total. The molecule has 0 atom stereocenters. The van der Waals surface area contributed by atoms with Gasteiger partial charge < -0.3 is 9.15 Å². The third kappa shape index (κ3) is 4.52. The van der Waals surface area contributed by atoms with Crippen molar-refractivity contribution in [1.82, 2.24) is 0 Å². The van der Waals surface area contributed by atoms with E-state index in [4.69, 9.17) is 9.15 Å². The highest BCUT2D eigenvalue weighted by atomic mass is 79.9. The van der Waals surface area contributed by atoms with Crippen molar-refractivity contribution in [3.63, 3.8) is 0 Å². The van der Waals surface area contributed by atoms with Gasteiger partial charge in [-0.3, -0.25) is 4.79 Å². The van der Waals surface area contributed by atoms with Crippen LogP contribution in [-0.2, 0) is 0 Å². The Balaban J connectivity index is 1.70. The fourth-order valence-electron chi connectivity index (χ4n) is 2.47. The van der Waals surface area contributed by atoms with Crippen molar-refractivity contribution in [2.24, 2.45) is 0 Å². The van der Waals surface area contributed by atoms with E-state index in [2.05, 4.69) is 15.9 Å². The predicted octanol–water partition coefficient (Wildman–Crippen LogP) is 6.39. The molecular formula is C22H19BrO3. The van der Waals surface area contributed by atoms with E-state index in [1.165, 1.54) is 6.08 Å². The zero-order valence-electron chi connectivity index (χ0n) is 14.6. The molecule has 132 valence electrons. The molecule has 0 aliphatic rings. The number of ether oxygens (including phenoxy) is 1. The highest BCUT2D eigenvalue weighted by Gasteiger charge is 2.07. The van der Waals surface area contributed by atoms with Crippen LogP contribution in [0.4, 0.5) is 0 Å². The fraction of sp³-hybridized carbons (Fsp3) is 0.136. The number of carbonyl (C=O) groups excluding carboxylic acids is 1. The summed E-state index contributed by atoms with van der Waals surface area (Å²) in [6, 6.07) is 18.7. The molecule has 3 rings (SSSR count). The summed E-state index contributed by atoms with van der Waals surface area (Å²) >= 11 is 3.51. The number of hydrogen-bond acceptors (Lipinski definition) is 3. The van der Waals surface area contributed by atoms with Gasteiger partial charge in [-0.05, 0) is 68.5 Å². The first-order chi connectivity index (χ1) is 12.5. The monoisotopic (exact) mass is 410 g/mol. The standard InChI is InChI=1S/C22H19BrO3/c1-15(2)25-17-9-7-16(8-10-17)21(24)13-11-18-12-14-22(26-18)19-5-3-4-6-20(19)23/h3-15H,1-2H3/b13-11+. The maximum atomic E-state index is 12.3. The third-order valence-corrected chi connectivity index (χ3v) is 4.37. The SMILES string of the molecule is CC(C)Oc1ccc(C(=O)/C=C/c2ccc(-c3ccccc3Br)o2)cc1. The summed E-state index contributed by atoms with van der Waals surface area (Å²) in [4.78, 5) is 12.3. The number of hydrogen-bond donors (Lipinski definition) is 0. The molecule has 0 bridgehead atoms. The van der Waals surface area contributed by atoms with Crippen molar-refractivity contribution < 1.29 is 13.9 Å². The molecule has 1 aromatic heterocycles. The molecule has 3 nitrogen and oxygen atoms in total. The first-order valence-corrected chi connectivity index (χ1v) is 9.16. The molecule has 0 aliphatic carbocycles. The van der Waals surface area contributed by atoms with E-state index in [1.807, 2.05) is 50.2 Å².